The van der Waals surface area contributed by atoms with E-state index in [-0.39, 0.29) is 12.5 Å². The van der Waals surface area contributed by atoms with Crippen LogP contribution in [0.4, 0.5) is 4.39 Å². The van der Waals surface area contributed by atoms with Gasteiger partial charge in [0.05, 0.1) is 4.91 Å². The minimum absolute atomic E-state index is 0.0609. The maximum absolute atomic E-state index is 13.7. The van der Waals surface area contributed by atoms with E-state index < -0.39 is 5.82 Å². The second kappa shape index (κ2) is 7.61. The van der Waals surface area contributed by atoms with Gasteiger partial charge in [-0.1, -0.05) is 23.2 Å². The lowest BCUT2D eigenvalue weighted by atomic mass is 10.1. The summed E-state index contributed by atoms with van der Waals surface area (Å²) in [6, 6.07) is 4.47. The summed E-state index contributed by atoms with van der Waals surface area (Å²) in [5.74, 6) is -0.660. The average Bonchev–Trinajstić information content (AvgIpc) is 2.42. The molecule has 0 bridgehead atoms. The predicted molar refractivity (Wildman–Crippen MR) is 85.9 cm³/mol. The Kier molecular flexibility index (Phi) is 5.82. The zero-order valence-corrected chi connectivity index (χ0v) is 13.2. The fourth-order valence-corrected chi connectivity index (χ4v) is 2.91. The lowest BCUT2D eigenvalue weighted by molar-refractivity contribution is -0.117. The lowest BCUT2D eigenvalue weighted by Crippen LogP contribution is -2.25. The number of carbonyl (C=O) groups excluding carboxylic acids is 1. The van der Waals surface area contributed by atoms with Crippen LogP contribution in [0.3, 0.4) is 0 Å². The van der Waals surface area contributed by atoms with E-state index in [4.69, 9.17) is 11.6 Å². The van der Waals surface area contributed by atoms with Crippen molar-refractivity contribution >= 4 is 35.7 Å². The van der Waals surface area contributed by atoms with E-state index >= 15 is 0 Å². The van der Waals surface area contributed by atoms with E-state index in [1.54, 1.807) is 6.07 Å². The van der Waals surface area contributed by atoms with Crippen LogP contribution >= 0.6 is 23.5 Å². The molecule has 0 aliphatic carbocycles. The molecular weight excluding hydrogens is 311 g/mol. The Balaban J connectivity index is 2.07. The Morgan fingerprint density at radius 2 is 2.33 bits per heavy atom. The molecule has 1 aliphatic rings. The van der Waals surface area contributed by atoms with Crippen LogP contribution in [0, 0.1) is 5.82 Å². The van der Waals surface area contributed by atoms with Gasteiger partial charge in [0.1, 0.15) is 5.82 Å². The van der Waals surface area contributed by atoms with Crippen molar-refractivity contribution in [3.05, 3.63) is 45.1 Å². The molecule has 0 radical (unpaired) electrons. The van der Waals surface area contributed by atoms with E-state index in [1.165, 1.54) is 24.1 Å². The summed E-state index contributed by atoms with van der Waals surface area (Å²) < 4.78 is 17.8. The Morgan fingerprint density at radius 3 is 3.10 bits per heavy atom. The van der Waals surface area contributed by atoms with Crippen LogP contribution in [-0.2, 0) is 11.3 Å². The highest BCUT2D eigenvalue weighted by atomic mass is 35.5. The first kappa shape index (κ1) is 16.0. The van der Waals surface area contributed by atoms with Crippen LogP contribution in [0.1, 0.15) is 31.7 Å². The quantitative estimate of drug-likeness (QED) is 0.843. The normalized spacial score (nSPS) is 15.6. The van der Waals surface area contributed by atoms with Gasteiger partial charge in [-0.2, -0.15) is 0 Å². The van der Waals surface area contributed by atoms with Crippen LogP contribution in [0.25, 0.3) is 0 Å². The van der Waals surface area contributed by atoms with Gasteiger partial charge in [0.15, 0.2) is 0 Å². The van der Waals surface area contributed by atoms with Crippen LogP contribution in [0.5, 0.6) is 0 Å². The van der Waals surface area contributed by atoms with Gasteiger partial charge in [0.2, 0.25) is 0 Å². The topological polar surface area (TPSA) is 41.5 Å². The maximum Gasteiger partial charge on any atom is 0.259 e. The van der Waals surface area contributed by atoms with Gasteiger partial charge in [-0.05, 0) is 38.3 Å². The van der Waals surface area contributed by atoms with Crippen LogP contribution in [0.2, 0.25) is 5.02 Å². The largest absolute Gasteiger partial charge is 0.347 e. The maximum atomic E-state index is 13.7. The molecule has 112 valence electrons. The number of carbonyl (C=O) groups is 1. The van der Waals surface area contributed by atoms with E-state index in [0.29, 0.717) is 15.5 Å². The van der Waals surface area contributed by atoms with Crippen molar-refractivity contribution in [1.82, 2.24) is 5.32 Å². The number of halogens is 2. The van der Waals surface area contributed by atoms with Gasteiger partial charge in [-0.3, -0.25) is 4.79 Å². The first-order chi connectivity index (χ1) is 10.1. The van der Waals surface area contributed by atoms with Gasteiger partial charge in [-0.25, -0.2) is 8.79 Å². The van der Waals surface area contributed by atoms with Gasteiger partial charge in [0, 0.05) is 35.3 Å². The van der Waals surface area contributed by atoms with Crippen LogP contribution in [0.15, 0.2) is 33.1 Å². The summed E-state index contributed by atoms with van der Waals surface area (Å²) in [4.78, 5) is 12.8. The fourth-order valence-electron chi connectivity index (χ4n) is 1.98. The third-order valence-electron chi connectivity index (χ3n) is 3.18. The standard InChI is InChI=1S/C15H16ClFN2OS/c1-10-5-2-3-8-19-21-14(10)15(20)18-9-11-12(16)6-4-7-13(11)17/h4,6-8H,2-3,5,9H2,1H3,(H,18,20). The highest BCUT2D eigenvalue weighted by molar-refractivity contribution is 8.02. The fraction of sp³-hybridized carbons (Fsp3) is 0.333. The summed E-state index contributed by atoms with van der Waals surface area (Å²) >= 11 is 7.11. The van der Waals surface area contributed by atoms with Crippen molar-refractivity contribution in [1.29, 1.82) is 0 Å². The Morgan fingerprint density at radius 1 is 1.52 bits per heavy atom. The summed E-state index contributed by atoms with van der Waals surface area (Å²) in [5.41, 5.74) is 1.30. The summed E-state index contributed by atoms with van der Waals surface area (Å²) in [6.07, 6.45) is 4.58. The molecule has 0 aromatic heterocycles. The number of nitrogens with one attached hydrogen (secondary N) is 1. The Hall–Kier alpha value is -1.33. The summed E-state index contributed by atoms with van der Waals surface area (Å²) in [5, 5.41) is 3.02. The van der Waals surface area contributed by atoms with Crippen molar-refractivity contribution in [3.8, 4) is 0 Å². The molecule has 0 unspecified atom stereocenters. The van der Waals surface area contributed by atoms with E-state index in [1.807, 2.05) is 13.1 Å². The third-order valence-corrected chi connectivity index (χ3v) is 4.51. The van der Waals surface area contributed by atoms with Crippen molar-refractivity contribution in [2.24, 2.45) is 4.40 Å². The molecule has 0 saturated heterocycles. The molecule has 1 N–H and O–H groups in total. The molecule has 0 spiro atoms. The van der Waals surface area contributed by atoms with Crippen molar-refractivity contribution in [3.63, 3.8) is 0 Å². The Bertz CT molecular complexity index is 581. The monoisotopic (exact) mass is 326 g/mol. The molecule has 2 rings (SSSR count). The number of hydrogen-bond acceptors (Lipinski definition) is 3. The minimum Gasteiger partial charge on any atom is -0.347 e. The smallest absolute Gasteiger partial charge is 0.259 e. The molecule has 3 nitrogen and oxygen atoms in total. The van der Waals surface area contributed by atoms with E-state index in [2.05, 4.69) is 9.71 Å². The first-order valence-corrected chi connectivity index (χ1v) is 7.84. The van der Waals surface area contributed by atoms with Gasteiger partial charge >= 0.3 is 0 Å². The SMILES string of the molecule is CC1=C(C(=O)NCc2c(F)cccc2Cl)SN=CCCC1. The molecule has 0 fully saturated rings. The molecular formula is C15H16ClFN2OS. The van der Waals surface area contributed by atoms with Crippen LogP contribution < -0.4 is 5.32 Å². The second-order valence-corrected chi connectivity index (χ2v) is 5.97. The number of nitrogens with zero attached hydrogens (tertiary/aromatic N) is 1. The minimum atomic E-state index is -0.420. The summed E-state index contributed by atoms with van der Waals surface area (Å²) in [6.45, 7) is 1.99. The second-order valence-electron chi connectivity index (χ2n) is 4.76. The molecule has 0 atom stereocenters. The third kappa shape index (κ3) is 4.32. The summed E-state index contributed by atoms with van der Waals surface area (Å²) in [7, 11) is 0. The molecule has 6 heteroatoms. The molecule has 1 heterocycles. The highest BCUT2D eigenvalue weighted by Crippen LogP contribution is 2.26. The van der Waals surface area contributed by atoms with Gasteiger partial charge < -0.3 is 5.32 Å². The predicted octanol–water partition coefficient (Wildman–Crippen LogP) is 4.27. The molecule has 1 amide bonds. The average molecular weight is 327 g/mol. The lowest BCUT2D eigenvalue weighted by Gasteiger charge is -2.12. The first-order valence-electron chi connectivity index (χ1n) is 6.69. The number of benzene rings is 1. The zero-order chi connectivity index (χ0) is 15.2. The molecule has 1 aliphatic heterocycles. The van der Waals surface area contributed by atoms with Crippen molar-refractivity contribution in [2.45, 2.75) is 32.7 Å². The number of amides is 1. The molecule has 1 aromatic rings. The van der Waals surface area contributed by atoms with Crippen LogP contribution in [-0.4, -0.2) is 12.1 Å². The Labute approximate surface area is 132 Å². The molecule has 1 aromatic carbocycles. The number of rotatable bonds is 3. The van der Waals surface area contributed by atoms with Crippen molar-refractivity contribution < 1.29 is 9.18 Å². The van der Waals surface area contributed by atoms with Gasteiger partial charge in [0.25, 0.3) is 5.91 Å². The van der Waals surface area contributed by atoms with E-state index in [0.717, 1.165) is 24.8 Å². The number of hydrogen-bond donors (Lipinski definition) is 1. The molecule has 21 heavy (non-hydrogen) atoms. The van der Waals surface area contributed by atoms with Gasteiger partial charge in [-0.15, -0.1) is 0 Å². The number of allylic oxidation sites excluding steroid dienone is 1. The molecule has 0 saturated carbocycles. The highest BCUT2D eigenvalue weighted by Gasteiger charge is 2.16. The zero-order valence-electron chi connectivity index (χ0n) is 11.7. The van der Waals surface area contributed by atoms with E-state index in [9.17, 15) is 9.18 Å². The van der Waals surface area contributed by atoms with Crippen molar-refractivity contribution in [2.75, 3.05) is 0 Å².